The Morgan fingerprint density at radius 3 is 2.37 bits per heavy atom. The first-order valence-corrected chi connectivity index (χ1v) is 5.87. The van der Waals surface area contributed by atoms with Crippen LogP contribution in [0.2, 0.25) is 0 Å². The Bertz CT molecular complexity index is 648. The van der Waals surface area contributed by atoms with Gasteiger partial charge in [0, 0.05) is 0 Å². The Labute approximate surface area is 111 Å². The van der Waals surface area contributed by atoms with Crippen LogP contribution in [0.25, 0.3) is 0 Å². The lowest BCUT2D eigenvalue weighted by Crippen LogP contribution is -2.00. The summed E-state index contributed by atoms with van der Waals surface area (Å²) in [7, 11) is 0. The number of halogens is 1. The topological polar surface area (TPSA) is 47.6 Å². The minimum atomic E-state index is -0.338. The Kier molecular flexibility index (Phi) is 3.90. The molecule has 2 aromatic rings. The minimum Gasteiger partial charge on any atom is -0.207 e. The summed E-state index contributed by atoms with van der Waals surface area (Å²) < 4.78 is 13.1. The van der Waals surface area contributed by atoms with Gasteiger partial charge in [-0.1, -0.05) is 24.3 Å². The molecular formula is C16H11FN2. The second kappa shape index (κ2) is 5.80. The van der Waals surface area contributed by atoms with Crippen molar-refractivity contribution in [2.45, 2.75) is 12.3 Å². The monoisotopic (exact) mass is 250 g/mol. The van der Waals surface area contributed by atoms with E-state index in [1.54, 1.807) is 36.4 Å². The van der Waals surface area contributed by atoms with Gasteiger partial charge in [-0.2, -0.15) is 10.5 Å². The molecular weight excluding hydrogens is 239 g/mol. The van der Waals surface area contributed by atoms with Crippen molar-refractivity contribution in [3.05, 3.63) is 71.0 Å². The highest BCUT2D eigenvalue weighted by Crippen LogP contribution is 2.21. The molecule has 1 atom stereocenters. The zero-order valence-electron chi connectivity index (χ0n) is 10.2. The molecule has 0 spiro atoms. The molecule has 0 saturated heterocycles. The van der Waals surface area contributed by atoms with E-state index in [2.05, 4.69) is 6.07 Å². The highest BCUT2D eigenvalue weighted by molar-refractivity contribution is 5.36. The highest BCUT2D eigenvalue weighted by Gasteiger charge is 2.11. The molecule has 0 N–H and O–H groups in total. The van der Waals surface area contributed by atoms with Crippen LogP contribution in [0, 0.1) is 28.5 Å². The fraction of sp³-hybridized carbons (Fsp3) is 0.125. The first-order valence-electron chi connectivity index (χ1n) is 5.87. The zero-order chi connectivity index (χ0) is 13.7. The maximum Gasteiger partial charge on any atom is 0.123 e. The van der Waals surface area contributed by atoms with Crippen molar-refractivity contribution >= 4 is 0 Å². The number of rotatable bonds is 3. The van der Waals surface area contributed by atoms with E-state index in [1.807, 2.05) is 6.07 Å². The standard InChI is InChI=1S/C16H11FN2/c17-16-3-1-2-13(9-16)8-15(11-19)14-6-4-12(10-18)5-7-14/h1-7,9,15H,8H2. The molecule has 0 aliphatic rings. The lowest BCUT2D eigenvalue weighted by molar-refractivity contribution is 0.624. The Morgan fingerprint density at radius 2 is 1.79 bits per heavy atom. The van der Waals surface area contributed by atoms with E-state index in [9.17, 15) is 9.65 Å². The van der Waals surface area contributed by atoms with E-state index >= 15 is 0 Å². The van der Waals surface area contributed by atoms with E-state index in [0.29, 0.717) is 12.0 Å². The molecule has 92 valence electrons. The van der Waals surface area contributed by atoms with Crippen LogP contribution in [0.5, 0.6) is 0 Å². The lowest BCUT2D eigenvalue weighted by Gasteiger charge is -2.09. The zero-order valence-corrected chi connectivity index (χ0v) is 10.2. The van der Waals surface area contributed by atoms with Gasteiger partial charge in [-0.15, -0.1) is 0 Å². The van der Waals surface area contributed by atoms with E-state index in [1.165, 1.54) is 12.1 Å². The van der Waals surface area contributed by atoms with Crippen molar-refractivity contribution in [3.63, 3.8) is 0 Å². The molecule has 0 amide bonds. The number of nitrogens with zero attached hydrogens (tertiary/aromatic N) is 2. The average molecular weight is 250 g/mol. The molecule has 0 saturated carbocycles. The molecule has 3 heteroatoms. The van der Waals surface area contributed by atoms with Crippen molar-refractivity contribution in [2.24, 2.45) is 0 Å². The third-order valence-corrected chi connectivity index (χ3v) is 2.93. The van der Waals surface area contributed by atoms with Crippen molar-refractivity contribution in [3.8, 4) is 12.1 Å². The third kappa shape index (κ3) is 3.18. The molecule has 0 heterocycles. The highest BCUT2D eigenvalue weighted by atomic mass is 19.1. The fourth-order valence-corrected chi connectivity index (χ4v) is 1.93. The first-order chi connectivity index (χ1) is 9.22. The summed E-state index contributed by atoms with van der Waals surface area (Å²) in [5.74, 6) is -0.636. The Balaban J connectivity index is 2.21. The van der Waals surface area contributed by atoms with Gasteiger partial charge in [0.05, 0.1) is 23.6 Å². The van der Waals surface area contributed by atoms with Crippen LogP contribution in [0.4, 0.5) is 4.39 Å². The molecule has 2 rings (SSSR count). The van der Waals surface area contributed by atoms with E-state index in [-0.39, 0.29) is 11.7 Å². The molecule has 2 aromatic carbocycles. The summed E-state index contributed by atoms with van der Waals surface area (Å²) in [4.78, 5) is 0. The molecule has 0 radical (unpaired) electrons. The van der Waals surface area contributed by atoms with Crippen LogP contribution in [-0.2, 0) is 6.42 Å². The van der Waals surface area contributed by atoms with Crippen molar-refractivity contribution in [1.82, 2.24) is 0 Å². The largest absolute Gasteiger partial charge is 0.207 e. The third-order valence-electron chi connectivity index (χ3n) is 2.93. The summed E-state index contributed by atoms with van der Waals surface area (Å²) in [5, 5.41) is 18.0. The molecule has 2 nitrogen and oxygen atoms in total. The van der Waals surface area contributed by atoms with Gasteiger partial charge in [0.25, 0.3) is 0 Å². The SMILES string of the molecule is N#Cc1ccc(C(C#N)Cc2cccc(F)c2)cc1. The molecule has 0 aliphatic carbocycles. The summed E-state index contributed by atoms with van der Waals surface area (Å²) in [5.41, 5.74) is 2.19. The van der Waals surface area contributed by atoms with Crippen molar-refractivity contribution in [2.75, 3.05) is 0 Å². The Hall–Kier alpha value is -2.65. The van der Waals surface area contributed by atoms with Gasteiger partial charge in [-0.25, -0.2) is 4.39 Å². The molecule has 0 aliphatic heterocycles. The second-order valence-corrected chi connectivity index (χ2v) is 4.25. The van der Waals surface area contributed by atoms with Crippen LogP contribution < -0.4 is 0 Å². The fourth-order valence-electron chi connectivity index (χ4n) is 1.93. The number of hydrogen-bond acceptors (Lipinski definition) is 2. The minimum absolute atomic E-state index is 0.297. The van der Waals surface area contributed by atoms with Crippen molar-refractivity contribution in [1.29, 1.82) is 10.5 Å². The van der Waals surface area contributed by atoms with E-state index in [4.69, 9.17) is 5.26 Å². The van der Waals surface area contributed by atoms with Crippen LogP contribution >= 0.6 is 0 Å². The molecule has 0 fully saturated rings. The first kappa shape index (κ1) is 12.8. The van der Waals surface area contributed by atoms with Gasteiger partial charge in [-0.05, 0) is 41.8 Å². The molecule has 19 heavy (non-hydrogen) atoms. The predicted molar refractivity (Wildman–Crippen MR) is 69.6 cm³/mol. The number of hydrogen-bond donors (Lipinski definition) is 0. The number of benzene rings is 2. The number of nitriles is 2. The van der Waals surface area contributed by atoms with Gasteiger partial charge in [0.15, 0.2) is 0 Å². The Morgan fingerprint density at radius 1 is 1.05 bits per heavy atom. The molecule has 0 bridgehead atoms. The molecule has 1 unspecified atom stereocenters. The van der Waals surface area contributed by atoms with Gasteiger partial charge < -0.3 is 0 Å². The summed E-state index contributed by atoms with van der Waals surface area (Å²) in [6, 6.07) is 17.4. The van der Waals surface area contributed by atoms with E-state index < -0.39 is 0 Å². The molecule has 0 aromatic heterocycles. The maximum absolute atomic E-state index is 13.1. The van der Waals surface area contributed by atoms with Gasteiger partial charge in [-0.3, -0.25) is 0 Å². The summed E-state index contributed by atoms with van der Waals surface area (Å²) in [6.45, 7) is 0. The lowest BCUT2D eigenvalue weighted by atomic mass is 9.93. The van der Waals surface area contributed by atoms with Crippen molar-refractivity contribution < 1.29 is 4.39 Å². The van der Waals surface area contributed by atoms with Crippen LogP contribution in [-0.4, -0.2) is 0 Å². The van der Waals surface area contributed by atoms with Crippen LogP contribution in [0.15, 0.2) is 48.5 Å². The summed E-state index contributed by atoms with van der Waals surface area (Å²) in [6.07, 6.45) is 0.458. The van der Waals surface area contributed by atoms with Crippen LogP contribution in [0.1, 0.15) is 22.6 Å². The quantitative estimate of drug-likeness (QED) is 0.836. The smallest absolute Gasteiger partial charge is 0.123 e. The summed E-state index contributed by atoms with van der Waals surface area (Å²) >= 11 is 0. The van der Waals surface area contributed by atoms with E-state index in [0.717, 1.165) is 11.1 Å². The van der Waals surface area contributed by atoms with Gasteiger partial charge in [0.2, 0.25) is 0 Å². The normalized spacial score (nSPS) is 11.3. The van der Waals surface area contributed by atoms with Crippen LogP contribution in [0.3, 0.4) is 0 Å². The average Bonchev–Trinajstić information content (AvgIpc) is 2.45. The van der Waals surface area contributed by atoms with Gasteiger partial charge in [0.1, 0.15) is 5.82 Å². The van der Waals surface area contributed by atoms with Gasteiger partial charge >= 0.3 is 0 Å². The second-order valence-electron chi connectivity index (χ2n) is 4.25. The predicted octanol–water partition coefficient (Wildman–Crippen LogP) is 3.55. The maximum atomic E-state index is 13.1.